The van der Waals surface area contributed by atoms with Gasteiger partial charge in [-0.3, -0.25) is 0 Å². The molecule has 0 fully saturated rings. The highest BCUT2D eigenvalue weighted by Crippen LogP contribution is 2.27. The Morgan fingerprint density at radius 3 is 3.11 bits per heavy atom. The SMILES string of the molecule is Cc1cccc2c1nc1n2C(CNC(C)C)COC1. The van der Waals surface area contributed by atoms with Crippen LogP contribution in [0.5, 0.6) is 0 Å². The minimum atomic E-state index is 0.331. The molecule has 2 heterocycles. The van der Waals surface area contributed by atoms with Crippen LogP contribution in [-0.2, 0) is 11.3 Å². The van der Waals surface area contributed by atoms with Crippen molar-refractivity contribution in [2.45, 2.75) is 39.5 Å². The second-order valence-electron chi connectivity index (χ2n) is 5.57. The number of nitrogens with zero attached hydrogens (tertiary/aromatic N) is 2. The summed E-state index contributed by atoms with van der Waals surface area (Å²) in [7, 11) is 0. The number of hydrogen-bond acceptors (Lipinski definition) is 3. The zero-order chi connectivity index (χ0) is 13.4. The van der Waals surface area contributed by atoms with Gasteiger partial charge in [0.1, 0.15) is 12.4 Å². The summed E-state index contributed by atoms with van der Waals surface area (Å²) in [5.74, 6) is 1.05. The Morgan fingerprint density at radius 2 is 2.32 bits per heavy atom. The molecule has 1 N–H and O–H groups in total. The summed E-state index contributed by atoms with van der Waals surface area (Å²) < 4.78 is 8.04. The van der Waals surface area contributed by atoms with E-state index in [-0.39, 0.29) is 0 Å². The summed E-state index contributed by atoms with van der Waals surface area (Å²) in [5.41, 5.74) is 3.57. The van der Waals surface area contributed by atoms with Crippen molar-refractivity contribution in [2.24, 2.45) is 0 Å². The Bertz CT molecular complexity index is 588. The number of rotatable bonds is 3. The Morgan fingerprint density at radius 1 is 1.47 bits per heavy atom. The first-order chi connectivity index (χ1) is 9.16. The third kappa shape index (κ3) is 2.26. The van der Waals surface area contributed by atoms with E-state index < -0.39 is 0 Å². The van der Waals surface area contributed by atoms with Gasteiger partial charge in [-0.25, -0.2) is 4.98 Å². The van der Waals surface area contributed by atoms with Crippen molar-refractivity contribution in [1.82, 2.24) is 14.9 Å². The van der Waals surface area contributed by atoms with Crippen LogP contribution in [0.15, 0.2) is 18.2 Å². The number of aryl methyl sites for hydroxylation is 1. The van der Waals surface area contributed by atoms with E-state index in [1.165, 1.54) is 11.1 Å². The van der Waals surface area contributed by atoms with Gasteiger partial charge in [-0.2, -0.15) is 0 Å². The monoisotopic (exact) mass is 259 g/mol. The molecule has 0 saturated heterocycles. The summed E-state index contributed by atoms with van der Waals surface area (Å²) >= 11 is 0. The Hall–Kier alpha value is -1.39. The lowest BCUT2D eigenvalue weighted by molar-refractivity contribution is 0.0559. The summed E-state index contributed by atoms with van der Waals surface area (Å²) in [6.07, 6.45) is 0. The zero-order valence-electron chi connectivity index (χ0n) is 11.8. The van der Waals surface area contributed by atoms with Crippen LogP contribution >= 0.6 is 0 Å². The number of hydrogen-bond donors (Lipinski definition) is 1. The molecular formula is C15H21N3O. The summed E-state index contributed by atoms with van der Waals surface area (Å²) in [4.78, 5) is 4.74. The second-order valence-corrected chi connectivity index (χ2v) is 5.57. The van der Waals surface area contributed by atoms with E-state index in [0.29, 0.717) is 18.7 Å². The van der Waals surface area contributed by atoms with Gasteiger partial charge < -0.3 is 14.6 Å². The van der Waals surface area contributed by atoms with Crippen molar-refractivity contribution in [3.63, 3.8) is 0 Å². The zero-order valence-corrected chi connectivity index (χ0v) is 11.8. The number of ether oxygens (including phenoxy) is 1. The smallest absolute Gasteiger partial charge is 0.136 e. The van der Waals surface area contributed by atoms with E-state index in [1.807, 2.05) is 0 Å². The van der Waals surface area contributed by atoms with Gasteiger partial charge in [0, 0.05) is 12.6 Å². The lowest BCUT2D eigenvalue weighted by Crippen LogP contribution is -2.35. The fourth-order valence-corrected chi connectivity index (χ4v) is 2.70. The van der Waals surface area contributed by atoms with Crippen molar-refractivity contribution in [3.8, 4) is 0 Å². The highest BCUT2D eigenvalue weighted by Gasteiger charge is 2.24. The maximum Gasteiger partial charge on any atom is 0.136 e. The van der Waals surface area contributed by atoms with E-state index in [4.69, 9.17) is 9.72 Å². The molecule has 1 aliphatic heterocycles. The van der Waals surface area contributed by atoms with Crippen molar-refractivity contribution in [2.75, 3.05) is 13.2 Å². The number of benzene rings is 1. The molecule has 0 bridgehead atoms. The molecule has 0 aliphatic carbocycles. The van der Waals surface area contributed by atoms with Gasteiger partial charge in [0.25, 0.3) is 0 Å². The van der Waals surface area contributed by atoms with E-state index in [1.54, 1.807) is 0 Å². The molecule has 1 aromatic carbocycles. The number of nitrogens with one attached hydrogen (secondary N) is 1. The van der Waals surface area contributed by atoms with E-state index in [9.17, 15) is 0 Å². The van der Waals surface area contributed by atoms with Gasteiger partial charge >= 0.3 is 0 Å². The molecule has 1 unspecified atom stereocenters. The van der Waals surface area contributed by atoms with Crippen LogP contribution < -0.4 is 5.32 Å². The molecular weight excluding hydrogens is 238 g/mol. The molecule has 2 aromatic rings. The third-order valence-electron chi connectivity index (χ3n) is 3.66. The summed E-state index contributed by atoms with van der Waals surface area (Å²) in [5, 5.41) is 3.50. The standard InChI is InChI=1S/C15H21N3O/c1-10(2)16-7-12-8-19-9-14-17-15-11(3)5-4-6-13(15)18(12)14/h4-6,10,12,16H,7-9H2,1-3H3. The van der Waals surface area contributed by atoms with Crippen LogP contribution in [0.3, 0.4) is 0 Å². The molecule has 0 radical (unpaired) electrons. The number of aromatic nitrogens is 2. The number of imidazole rings is 1. The molecule has 3 rings (SSSR count). The molecule has 19 heavy (non-hydrogen) atoms. The van der Waals surface area contributed by atoms with E-state index >= 15 is 0 Å². The van der Waals surface area contributed by atoms with Crippen LogP contribution in [-0.4, -0.2) is 28.7 Å². The van der Waals surface area contributed by atoms with Crippen LogP contribution in [0.25, 0.3) is 11.0 Å². The molecule has 1 atom stereocenters. The fourth-order valence-electron chi connectivity index (χ4n) is 2.70. The van der Waals surface area contributed by atoms with Crippen LogP contribution in [0.2, 0.25) is 0 Å². The Kier molecular flexibility index (Phi) is 3.29. The summed E-state index contributed by atoms with van der Waals surface area (Å²) in [6, 6.07) is 7.20. The van der Waals surface area contributed by atoms with Gasteiger partial charge in [-0.15, -0.1) is 0 Å². The van der Waals surface area contributed by atoms with E-state index in [2.05, 4.69) is 48.9 Å². The predicted molar refractivity (Wildman–Crippen MR) is 76.3 cm³/mol. The summed E-state index contributed by atoms with van der Waals surface area (Å²) in [6.45, 7) is 8.74. The Labute approximate surface area is 113 Å². The molecule has 4 heteroatoms. The average Bonchev–Trinajstić information content (AvgIpc) is 2.77. The molecule has 0 spiro atoms. The molecule has 1 aliphatic rings. The fraction of sp³-hybridized carbons (Fsp3) is 0.533. The predicted octanol–water partition coefficient (Wildman–Crippen LogP) is 2.41. The highest BCUT2D eigenvalue weighted by atomic mass is 16.5. The first-order valence-electron chi connectivity index (χ1n) is 6.94. The van der Waals surface area contributed by atoms with Crippen molar-refractivity contribution in [3.05, 3.63) is 29.6 Å². The molecule has 0 amide bonds. The molecule has 0 saturated carbocycles. The molecule has 102 valence electrons. The molecule has 4 nitrogen and oxygen atoms in total. The van der Waals surface area contributed by atoms with Gasteiger partial charge in [-0.05, 0) is 18.6 Å². The van der Waals surface area contributed by atoms with Gasteiger partial charge in [-0.1, -0.05) is 26.0 Å². The van der Waals surface area contributed by atoms with E-state index in [0.717, 1.165) is 24.5 Å². The van der Waals surface area contributed by atoms with Crippen LogP contribution in [0.4, 0.5) is 0 Å². The maximum absolute atomic E-state index is 5.69. The second kappa shape index (κ2) is 4.94. The lowest BCUT2D eigenvalue weighted by Gasteiger charge is -2.27. The average molecular weight is 259 g/mol. The number of fused-ring (bicyclic) bond motifs is 3. The first kappa shape index (κ1) is 12.6. The Balaban J connectivity index is 2.02. The van der Waals surface area contributed by atoms with Crippen LogP contribution in [0, 0.1) is 6.92 Å². The van der Waals surface area contributed by atoms with Crippen molar-refractivity contribution < 1.29 is 4.74 Å². The van der Waals surface area contributed by atoms with Gasteiger partial charge in [0.15, 0.2) is 0 Å². The van der Waals surface area contributed by atoms with Gasteiger partial charge in [0.05, 0.1) is 23.7 Å². The maximum atomic E-state index is 5.69. The van der Waals surface area contributed by atoms with Gasteiger partial charge in [0.2, 0.25) is 0 Å². The topological polar surface area (TPSA) is 39.1 Å². The molecule has 1 aromatic heterocycles. The minimum Gasteiger partial charge on any atom is -0.371 e. The highest BCUT2D eigenvalue weighted by molar-refractivity contribution is 5.79. The first-order valence-corrected chi connectivity index (χ1v) is 6.94. The number of para-hydroxylation sites is 1. The quantitative estimate of drug-likeness (QED) is 0.920. The lowest BCUT2D eigenvalue weighted by atomic mass is 10.2. The largest absolute Gasteiger partial charge is 0.371 e. The third-order valence-corrected chi connectivity index (χ3v) is 3.66. The van der Waals surface area contributed by atoms with Crippen molar-refractivity contribution in [1.29, 1.82) is 0 Å². The van der Waals surface area contributed by atoms with Crippen molar-refractivity contribution >= 4 is 11.0 Å². The minimum absolute atomic E-state index is 0.331. The normalized spacial score (nSPS) is 19.1. The van der Waals surface area contributed by atoms with Crippen LogP contribution in [0.1, 0.15) is 31.3 Å².